The van der Waals surface area contributed by atoms with E-state index >= 15 is 0 Å². The van der Waals surface area contributed by atoms with E-state index in [-0.39, 0.29) is 0 Å². The predicted octanol–water partition coefficient (Wildman–Crippen LogP) is 6.72. The van der Waals surface area contributed by atoms with Gasteiger partial charge in [-0.05, 0) is 73.7 Å². The number of para-hydroxylation sites is 1. The van der Waals surface area contributed by atoms with Crippen LogP contribution in [-0.4, -0.2) is 13.6 Å². The van der Waals surface area contributed by atoms with Crippen LogP contribution in [0.25, 0.3) is 50.1 Å². The van der Waals surface area contributed by atoms with Crippen molar-refractivity contribution >= 4 is 27.3 Å². The molecule has 0 amide bonds. The SMILES string of the molecule is Cc1c(-c2ccc3ccccn23)c(C)[n+]2n1-c1cccc3c1C21c2c(ccc4c5ccccc5n(c24)-c2cccc[n+]21)O3. The lowest BCUT2D eigenvalue weighted by Gasteiger charge is -2.33. The van der Waals surface area contributed by atoms with Crippen LogP contribution in [-0.2, 0) is 5.66 Å². The van der Waals surface area contributed by atoms with Crippen molar-refractivity contribution in [3.8, 4) is 34.3 Å². The van der Waals surface area contributed by atoms with Gasteiger partial charge in [0.25, 0.3) is 5.82 Å². The van der Waals surface area contributed by atoms with Crippen LogP contribution < -0.4 is 14.0 Å². The first-order chi connectivity index (χ1) is 21.2. The molecule has 0 bridgehead atoms. The van der Waals surface area contributed by atoms with Gasteiger partial charge in [0, 0.05) is 35.5 Å². The Morgan fingerprint density at radius 1 is 0.721 bits per heavy atom. The first-order valence-corrected chi connectivity index (χ1v) is 14.8. The highest BCUT2D eigenvalue weighted by atomic mass is 16.5. The molecule has 6 heteroatoms. The molecule has 1 unspecified atom stereocenters. The number of ether oxygens (including phenoxy) is 1. The Morgan fingerprint density at radius 2 is 1.58 bits per heavy atom. The van der Waals surface area contributed by atoms with Gasteiger partial charge in [0.1, 0.15) is 28.3 Å². The highest BCUT2D eigenvalue weighted by Crippen LogP contribution is 2.56. The Bertz CT molecular complexity index is 2580. The lowest BCUT2D eigenvalue weighted by molar-refractivity contribution is -0.995. The van der Waals surface area contributed by atoms with Crippen molar-refractivity contribution in [3.63, 3.8) is 0 Å². The molecular weight excluding hydrogens is 530 g/mol. The maximum absolute atomic E-state index is 6.82. The van der Waals surface area contributed by atoms with Crippen molar-refractivity contribution in [1.29, 1.82) is 0 Å². The van der Waals surface area contributed by atoms with Crippen molar-refractivity contribution < 1.29 is 14.0 Å². The average Bonchev–Trinajstić information content (AvgIpc) is 3.76. The van der Waals surface area contributed by atoms with Gasteiger partial charge < -0.3 is 9.14 Å². The third kappa shape index (κ3) is 2.21. The van der Waals surface area contributed by atoms with Crippen LogP contribution >= 0.6 is 0 Å². The van der Waals surface area contributed by atoms with Gasteiger partial charge in [-0.2, -0.15) is 9.13 Å². The van der Waals surface area contributed by atoms with Gasteiger partial charge in [-0.1, -0.05) is 35.0 Å². The zero-order valence-corrected chi connectivity index (χ0v) is 23.6. The minimum Gasteiger partial charge on any atom is -0.456 e. The second-order valence-corrected chi connectivity index (χ2v) is 11.9. The summed E-state index contributed by atoms with van der Waals surface area (Å²) in [5.74, 6) is 2.94. The van der Waals surface area contributed by atoms with Crippen LogP contribution in [0.4, 0.5) is 0 Å². The Hall–Kier alpha value is -5.62. The van der Waals surface area contributed by atoms with Crippen molar-refractivity contribution in [3.05, 3.63) is 138 Å². The van der Waals surface area contributed by atoms with Gasteiger partial charge in [-0.15, -0.1) is 4.68 Å². The van der Waals surface area contributed by atoms with E-state index < -0.39 is 5.66 Å². The average molecular weight is 556 g/mol. The fourth-order valence-corrected chi connectivity index (χ4v) is 8.60. The molecule has 43 heavy (non-hydrogen) atoms. The molecule has 0 N–H and O–H groups in total. The zero-order valence-electron chi connectivity index (χ0n) is 23.6. The highest BCUT2D eigenvalue weighted by molar-refractivity contribution is 6.11. The van der Waals surface area contributed by atoms with E-state index in [9.17, 15) is 0 Å². The van der Waals surface area contributed by atoms with E-state index in [0.717, 1.165) is 23.0 Å². The number of benzene rings is 3. The van der Waals surface area contributed by atoms with Gasteiger partial charge in [-0.3, -0.25) is 0 Å². The topological polar surface area (TPSA) is 31.3 Å². The molecule has 5 aromatic heterocycles. The lowest BCUT2D eigenvalue weighted by atomic mass is 9.84. The van der Waals surface area contributed by atoms with Gasteiger partial charge in [0.15, 0.2) is 11.1 Å². The first kappa shape index (κ1) is 22.0. The number of hydrogen-bond acceptors (Lipinski definition) is 1. The third-order valence-electron chi connectivity index (χ3n) is 10.0. The Kier molecular flexibility index (Phi) is 3.61. The smallest absolute Gasteiger partial charge is 0.397 e. The number of fused-ring (bicyclic) bond motifs is 8. The summed E-state index contributed by atoms with van der Waals surface area (Å²) < 4.78 is 19.0. The number of hydrogen-bond donors (Lipinski definition) is 0. The maximum atomic E-state index is 6.82. The van der Waals surface area contributed by atoms with Crippen LogP contribution in [0.5, 0.6) is 11.5 Å². The second kappa shape index (κ2) is 7.05. The van der Waals surface area contributed by atoms with Crippen molar-refractivity contribution in [2.24, 2.45) is 0 Å². The standard InChI is InChI=1S/C37H25N5O/c1-22-33(28-18-16-24-10-5-7-20-38(24)28)23(2)42-37-34-29(41(22)42)13-9-14-30(34)43-31-19-17-26-25-11-3-4-12-27(25)40(36(26)35(31)37)32-15-6-8-21-39(32)37/h3-21H,1-2H3/q+2. The zero-order chi connectivity index (χ0) is 28.2. The number of aromatic nitrogens is 5. The Morgan fingerprint density at radius 3 is 2.53 bits per heavy atom. The minimum atomic E-state index is -0.680. The summed E-state index contributed by atoms with van der Waals surface area (Å²) >= 11 is 0. The third-order valence-corrected chi connectivity index (χ3v) is 10.0. The molecule has 3 aromatic carbocycles. The molecule has 1 spiro atoms. The first-order valence-electron chi connectivity index (χ1n) is 14.8. The molecule has 0 aliphatic carbocycles. The van der Waals surface area contributed by atoms with E-state index in [1.165, 1.54) is 61.1 Å². The summed E-state index contributed by atoms with van der Waals surface area (Å²) in [4.78, 5) is 0. The monoisotopic (exact) mass is 555 g/mol. The van der Waals surface area contributed by atoms with Crippen LogP contribution in [0.1, 0.15) is 22.5 Å². The minimum absolute atomic E-state index is 0.680. The lowest BCUT2D eigenvalue weighted by Crippen LogP contribution is -2.77. The Labute approximate surface area is 246 Å². The molecule has 11 rings (SSSR count). The van der Waals surface area contributed by atoms with E-state index in [1.54, 1.807) is 0 Å². The fraction of sp³-hybridized carbons (Fsp3) is 0.0811. The second-order valence-electron chi connectivity index (χ2n) is 11.9. The largest absolute Gasteiger partial charge is 0.456 e. The maximum Gasteiger partial charge on any atom is 0.397 e. The molecule has 1 atom stereocenters. The predicted molar refractivity (Wildman–Crippen MR) is 164 cm³/mol. The molecular formula is C37H25N5O+2. The van der Waals surface area contributed by atoms with Crippen LogP contribution in [0.15, 0.2) is 116 Å². The Balaban J connectivity index is 1.40. The normalized spacial score (nSPS) is 16.9. The quantitative estimate of drug-likeness (QED) is 0.207. The molecule has 0 saturated heterocycles. The van der Waals surface area contributed by atoms with Gasteiger partial charge in [-0.25, -0.2) is 0 Å². The number of rotatable bonds is 1. The summed E-state index contributed by atoms with van der Waals surface area (Å²) in [5, 5.41) is 2.49. The van der Waals surface area contributed by atoms with Crippen molar-refractivity contribution in [1.82, 2.24) is 13.6 Å². The molecule has 0 fully saturated rings. The molecule has 6 nitrogen and oxygen atoms in total. The van der Waals surface area contributed by atoms with Crippen molar-refractivity contribution in [2.45, 2.75) is 19.5 Å². The summed E-state index contributed by atoms with van der Waals surface area (Å²) in [6.45, 7) is 4.54. The van der Waals surface area contributed by atoms with E-state index in [2.05, 4.69) is 152 Å². The van der Waals surface area contributed by atoms with E-state index in [4.69, 9.17) is 4.74 Å². The molecule has 0 radical (unpaired) electrons. The van der Waals surface area contributed by atoms with Crippen LogP contribution in [0.2, 0.25) is 0 Å². The van der Waals surface area contributed by atoms with Crippen LogP contribution in [0.3, 0.4) is 0 Å². The molecule has 3 aliphatic rings. The van der Waals surface area contributed by atoms with Gasteiger partial charge in [0.05, 0.1) is 23.1 Å². The number of pyridine rings is 2. The number of nitrogens with zero attached hydrogens (tertiary/aromatic N) is 5. The summed E-state index contributed by atoms with van der Waals surface area (Å²) in [6, 6.07) is 37.1. The molecule has 3 aliphatic heterocycles. The fourth-order valence-electron chi connectivity index (χ4n) is 8.60. The highest BCUT2D eigenvalue weighted by Gasteiger charge is 2.69. The van der Waals surface area contributed by atoms with Crippen LogP contribution in [0, 0.1) is 13.8 Å². The molecule has 202 valence electrons. The van der Waals surface area contributed by atoms with E-state index in [1.807, 2.05) is 0 Å². The molecule has 0 saturated carbocycles. The summed E-state index contributed by atoms with van der Waals surface area (Å²) in [6.07, 6.45) is 4.41. The summed E-state index contributed by atoms with van der Waals surface area (Å²) in [7, 11) is 0. The molecule has 8 heterocycles. The van der Waals surface area contributed by atoms with Gasteiger partial charge in [0.2, 0.25) is 5.69 Å². The van der Waals surface area contributed by atoms with Crippen molar-refractivity contribution in [2.75, 3.05) is 0 Å². The van der Waals surface area contributed by atoms with Gasteiger partial charge >= 0.3 is 5.66 Å². The summed E-state index contributed by atoms with van der Waals surface area (Å²) in [5.41, 5.74) is 11.3. The molecule has 8 aromatic rings. The van der Waals surface area contributed by atoms with E-state index in [0.29, 0.717) is 0 Å².